The normalized spacial score (nSPS) is 21.1. The molecule has 0 N–H and O–H groups in total. The Morgan fingerprint density at radius 3 is 2.62 bits per heavy atom. The molecular weight excluding hydrogens is 446 g/mol. The van der Waals surface area contributed by atoms with Crippen molar-refractivity contribution in [2.75, 3.05) is 37.0 Å². The molecule has 3 aromatic rings. The van der Waals surface area contributed by atoms with Crippen LogP contribution >= 0.6 is 11.8 Å². The van der Waals surface area contributed by atoms with E-state index in [4.69, 9.17) is 14.5 Å². The predicted molar refractivity (Wildman–Crippen MR) is 136 cm³/mol. The molecule has 1 aliphatic heterocycles. The van der Waals surface area contributed by atoms with Crippen molar-refractivity contribution in [3.05, 3.63) is 42.0 Å². The molecule has 2 aliphatic rings. The zero-order valence-electron chi connectivity index (χ0n) is 20.1. The van der Waals surface area contributed by atoms with Crippen molar-refractivity contribution in [3.8, 4) is 5.75 Å². The molecule has 1 saturated carbocycles. The molecule has 0 amide bonds. The largest absolute Gasteiger partial charge is 0.488 e. The van der Waals surface area contributed by atoms with Gasteiger partial charge in [-0.1, -0.05) is 18.7 Å². The van der Waals surface area contributed by atoms with Crippen LogP contribution in [-0.2, 0) is 11.2 Å². The van der Waals surface area contributed by atoms with Gasteiger partial charge in [0.15, 0.2) is 5.16 Å². The number of aryl methyl sites for hydroxylation is 1. The first-order valence-corrected chi connectivity index (χ1v) is 13.4. The van der Waals surface area contributed by atoms with Crippen molar-refractivity contribution >= 4 is 28.5 Å². The van der Waals surface area contributed by atoms with Crippen molar-refractivity contribution in [2.45, 2.75) is 57.2 Å². The molecule has 34 heavy (non-hydrogen) atoms. The lowest BCUT2D eigenvalue weighted by Crippen LogP contribution is -2.36. The van der Waals surface area contributed by atoms with Crippen LogP contribution < -0.4 is 9.64 Å². The van der Waals surface area contributed by atoms with Crippen LogP contribution in [0.25, 0.3) is 11.0 Å². The van der Waals surface area contributed by atoms with E-state index in [0.717, 1.165) is 97.5 Å². The molecule has 1 saturated heterocycles. The van der Waals surface area contributed by atoms with Gasteiger partial charge in [0.2, 0.25) is 0 Å². The Balaban J connectivity index is 1.25. The minimum absolute atomic E-state index is 0.208. The van der Waals surface area contributed by atoms with E-state index in [0.29, 0.717) is 5.92 Å². The van der Waals surface area contributed by atoms with Crippen LogP contribution in [0.5, 0.6) is 5.75 Å². The Morgan fingerprint density at radius 1 is 1.03 bits per heavy atom. The highest BCUT2D eigenvalue weighted by molar-refractivity contribution is 7.99. The average molecular weight is 480 g/mol. The molecule has 5 rings (SSSR count). The van der Waals surface area contributed by atoms with Gasteiger partial charge in [0, 0.05) is 48.6 Å². The molecular formula is C26H33N5O2S. The average Bonchev–Trinajstić information content (AvgIpc) is 2.85. The summed E-state index contributed by atoms with van der Waals surface area (Å²) < 4.78 is 12.1. The number of fused-ring (bicyclic) bond motifs is 1. The molecule has 2 fully saturated rings. The minimum atomic E-state index is 0.208. The summed E-state index contributed by atoms with van der Waals surface area (Å²) in [6.07, 6.45) is 9.13. The SMILES string of the molecule is CCSc1nc(C)cc(CC2CCC(Oc3cc(N4CCOCC4)cc4nccnc34)CC2)n1. The van der Waals surface area contributed by atoms with Crippen LogP contribution in [-0.4, -0.2) is 58.1 Å². The Kier molecular flexibility index (Phi) is 7.45. The lowest BCUT2D eigenvalue weighted by molar-refractivity contribution is 0.122. The van der Waals surface area contributed by atoms with Gasteiger partial charge in [0.25, 0.3) is 0 Å². The summed E-state index contributed by atoms with van der Waals surface area (Å²) in [5.74, 6) is 2.49. The standard InChI is InChI=1S/C26H33N5O2S/c1-3-34-26-29-18(2)14-20(30-26)15-19-4-6-22(7-5-19)33-24-17-21(31-10-12-32-13-11-31)16-23-25(24)28-9-8-27-23/h8-9,14,16-17,19,22H,3-7,10-13,15H2,1-2H3. The fourth-order valence-corrected chi connectivity index (χ4v) is 5.60. The maximum absolute atomic E-state index is 6.58. The van der Waals surface area contributed by atoms with E-state index in [1.807, 2.05) is 0 Å². The highest BCUT2D eigenvalue weighted by Crippen LogP contribution is 2.34. The summed E-state index contributed by atoms with van der Waals surface area (Å²) in [5, 5.41) is 0.905. The fourth-order valence-electron chi connectivity index (χ4n) is 4.95. The van der Waals surface area contributed by atoms with Crippen molar-refractivity contribution < 1.29 is 9.47 Å². The maximum Gasteiger partial charge on any atom is 0.187 e. The second-order valence-corrected chi connectivity index (χ2v) is 10.4. The monoisotopic (exact) mass is 479 g/mol. The van der Waals surface area contributed by atoms with Crippen LogP contribution in [0, 0.1) is 12.8 Å². The molecule has 8 heteroatoms. The number of morpholine rings is 1. The van der Waals surface area contributed by atoms with E-state index < -0.39 is 0 Å². The van der Waals surface area contributed by atoms with E-state index in [1.165, 1.54) is 5.69 Å². The fraction of sp³-hybridized carbons (Fsp3) is 0.538. The first kappa shape index (κ1) is 23.3. The molecule has 7 nitrogen and oxygen atoms in total. The number of rotatable bonds is 7. The molecule has 180 valence electrons. The first-order chi connectivity index (χ1) is 16.7. The van der Waals surface area contributed by atoms with Crippen LogP contribution in [0.3, 0.4) is 0 Å². The number of anilines is 1. The summed E-state index contributed by atoms with van der Waals surface area (Å²) in [4.78, 5) is 20.8. The highest BCUT2D eigenvalue weighted by Gasteiger charge is 2.25. The number of aromatic nitrogens is 4. The van der Waals surface area contributed by atoms with Gasteiger partial charge >= 0.3 is 0 Å². The van der Waals surface area contributed by atoms with E-state index >= 15 is 0 Å². The third-order valence-corrected chi connectivity index (χ3v) is 7.37. The van der Waals surface area contributed by atoms with Crippen molar-refractivity contribution in [3.63, 3.8) is 0 Å². The van der Waals surface area contributed by atoms with Gasteiger partial charge in [-0.05, 0) is 62.8 Å². The second kappa shape index (κ2) is 10.9. The van der Waals surface area contributed by atoms with Crippen LogP contribution in [0.4, 0.5) is 5.69 Å². The number of thioether (sulfide) groups is 1. The molecule has 0 radical (unpaired) electrons. The third-order valence-electron chi connectivity index (χ3n) is 6.65. The molecule has 1 aliphatic carbocycles. The number of ether oxygens (including phenoxy) is 2. The van der Waals surface area contributed by atoms with Gasteiger partial charge in [0.1, 0.15) is 11.3 Å². The van der Waals surface area contributed by atoms with E-state index in [-0.39, 0.29) is 6.10 Å². The highest BCUT2D eigenvalue weighted by atomic mass is 32.2. The Labute approximate surface area is 205 Å². The minimum Gasteiger partial charge on any atom is -0.488 e. The van der Waals surface area contributed by atoms with Gasteiger partial charge < -0.3 is 14.4 Å². The number of nitrogens with zero attached hydrogens (tertiary/aromatic N) is 5. The second-order valence-electron chi connectivity index (χ2n) is 9.15. The van der Waals surface area contributed by atoms with Crippen LogP contribution in [0.15, 0.2) is 35.7 Å². The van der Waals surface area contributed by atoms with Crippen molar-refractivity contribution in [2.24, 2.45) is 5.92 Å². The van der Waals surface area contributed by atoms with Gasteiger partial charge in [-0.2, -0.15) is 0 Å². The number of benzene rings is 1. The summed E-state index contributed by atoms with van der Waals surface area (Å²) in [5.41, 5.74) is 5.10. The lowest BCUT2D eigenvalue weighted by Gasteiger charge is -2.31. The predicted octanol–water partition coefficient (Wildman–Crippen LogP) is 4.86. The molecule has 0 atom stereocenters. The number of hydrogen-bond donors (Lipinski definition) is 0. The van der Waals surface area contributed by atoms with Crippen LogP contribution in [0.1, 0.15) is 44.0 Å². The van der Waals surface area contributed by atoms with Crippen LogP contribution in [0.2, 0.25) is 0 Å². The summed E-state index contributed by atoms with van der Waals surface area (Å²) in [6.45, 7) is 7.48. The summed E-state index contributed by atoms with van der Waals surface area (Å²) in [7, 11) is 0. The molecule has 0 unspecified atom stereocenters. The van der Waals surface area contributed by atoms with E-state index in [9.17, 15) is 0 Å². The number of hydrogen-bond acceptors (Lipinski definition) is 8. The first-order valence-electron chi connectivity index (χ1n) is 12.4. The van der Waals surface area contributed by atoms with Gasteiger partial charge in [-0.3, -0.25) is 4.98 Å². The van der Waals surface area contributed by atoms with Crippen molar-refractivity contribution in [1.29, 1.82) is 0 Å². The third kappa shape index (κ3) is 5.61. The molecule has 1 aromatic carbocycles. The zero-order valence-corrected chi connectivity index (χ0v) is 20.9. The maximum atomic E-state index is 6.58. The Morgan fingerprint density at radius 2 is 1.82 bits per heavy atom. The smallest absolute Gasteiger partial charge is 0.187 e. The van der Waals surface area contributed by atoms with Gasteiger partial charge in [0.05, 0.1) is 24.8 Å². The van der Waals surface area contributed by atoms with Crippen molar-refractivity contribution in [1.82, 2.24) is 19.9 Å². The Hall–Kier alpha value is -2.45. The molecule has 0 spiro atoms. The summed E-state index contributed by atoms with van der Waals surface area (Å²) >= 11 is 1.72. The molecule has 3 heterocycles. The Bertz CT molecular complexity index is 1110. The topological polar surface area (TPSA) is 73.3 Å². The zero-order chi connectivity index (χ0) is 23.3. The molecule has 0 bridgehead atoms. The summed E-state index contributed by atoms with van der Waals surface area (Å²) in [6, 6.07) is 6.40. The molecule has 2 aromatic heterocycles. The van der Waals surface area contributed by atoms with E-state index in [2.05, 4.69) is 51.9 Å². The van der Waals surface area contributed by atoms with E-state index in [1.54, 1.807) is 24.2 Å². The van der Waals surface area contributed by atoms with Gasteiger partial charge in [-0.25, -0.2) is 15.0 Å². The quantitative estimate of drug-likeness (QED) is 0.351. The van der Waals surface area contributed by atoms with Gasteiger partial charge in [-0.15, -0.1) is 0 Å². The lowest BCUT2D eigenvalue weighted by atomic mass is 9.84.